The lowest BCUT2D eigenvalue weighted by Crippen LogP contribution is -2.26. The van der Waals surface area contributed by atoms with Crippen LogP contribution in [0.2, 0.25) is 0 Å². The fraction of sp³-hybridized carbons (Fsp3) is 0.625. The summed E-state index contributed by atoms with van der Waals surface area (Å²) in [4.78, 5) is 39.0. The maximum Gasteiger partial charge on any atom is 0.490 e. The number of aliphatic hydroxyl groups is 1. The number of ether oxygens (including phenoxy) is 1. The van der Waals surface area contributed by atoms with E-state index in [1.54, 1.807) is 6.20 Å². The minimum absolute atomic E-state index is 0.126. The number of phosphoric acid groups is 3. The molecule has 5 atom stereocenters. The van der Waals surface area contributed by atoms with Crippen molar-refractivity contribution in [3.05, 3.63) is 18.7 Å². The maximum atomic E-state index is 11.6. The summed E-state index contributed by atoms with van der Waals surface area (Å²) >= 11 is 0. The molecule has 17 heteroatoms. The summed E-state index contributed by atoms with van der Waals surface area (Å²) in [6.07, 6.45) is 1.85. The number of aliphatic hydroxyl groups excluding tert-OH is 1. The Morgan fingerprint density at radius 2 is 1.84 bits per heavy atom. The lowest BCUT2D eigenvalue weighted by molar-refractivity contribution is -0.0434. The van der Waals surface area contributed by atoms with Crippen molar-refractivity contribution in [1.29, 1.82) is 0 Å². The molecule has 1 aliphatic rings. The van der Waals surface area contributed by atoms with E-state index >= 15 is 0 Å². The molecule has 0 aliphatic carbocycles. The Balaban J connectivity index is 1.90. The molecule has 0 spiro atoms. The van der Waals surface area contributed by atoms with Crippen LogP contribution in [-0.4, -0.2) is 53.0 Å². The third-order valence-electron chi connectivity index (χ3n) is 2.88. The normalized spacial score (nSPS) is 29.2. The first-order valence-electron chi connectivity index (χ1n) is 6.46. The van der Waals surface area contributed by atoms with Gasteiger partial charge in [0.1, 0.15) is 12.3 Å². The standard InChI is InChI=1S/C8H15N2O12P3/c11-6-3-8(10-2-1-9-5-10)20-7(6)4-19-24(15,16)22-25(17,18)21-23(12,13)14/h1-2,5-8,11H,3-4H2,(H,15,16)(H,17,18)(H2,12,13,14)/t6-,7+,8+/m0/s1. The van der Waals surface area contributed by atoms with Crippen LogP contribution >= 0.6 is 23.5 Å². The smallest absolute Gasteiger partial charge is 0.390 e. The molecule has 1 aromatic heterocycles. The molecule has 1 fully saturated rings. The molecule has 0 radical (unpaired) electrons. The van der Waals surface area contributed by atoms with Crippen molar-refractivity contribution in [2.45, 2.75) is 24.9 Å². The van der Waals surface area contributed by atoms with Gasteiger partial charge >= 0.3 is 23.5 Å². The Bertz CT molecular complexity index is 718. The van der Waals surface area contributed by atoms with Crippen molar-refractivity contribution in [3.63, 3.8) is 0 Å². The fourth-order valence-corrected chi connectivity index (χ4v) is 4.99. The number of hydrogen-bond donors (Lipinski definition) is 5. The monoisotopic (exact) mass is 424 g/mol. The van der Waals surface area contributed by atoms with Gasteiger partial charge in [0.05, 0.1) is 19.0 Å². The highest BCUT2D eigenvalue weighted by molar-refractivity contribution is 7.66. The number of phosphoric ester groups is 1. The molecule has 0 aromatic carbocycles. The van der Waals surface area contributed by atoms with Crippen LogP contribution in [0.5, 0.6) is 0 Å². The topological polar surface area (TPSA) is 207 Å². The minimum Gasteiger partial charge on any atom is -0.390 e. The van der Waals surface area contributed by atoms with Crippen LogP contribution in [0.3, 0.4) is 0 Å². The van der Waals surface area contributed by atoms with Crippen molar-refractivity contribution in [3.8, 4) is 0 Å². The van der Waals surface area contributed by atoms with Gasteiger partial charge in [-0.3, -0.25) is 4.52 Å². The van der Waals surface area contributed by atoms with Gasteiger partial charge in [0.15, 0.2) is 0 Å². The molecule has 2 heterocycles. The van der Waals surface area contributed by atoms with Gasteiger partial charge in [-0.2, -0.15) is 8.62 Å². The van der Waals surface area contributed by atoms with E-state index in [0.29, 0.717) is 0 Å². The second-order valence-corrected chi connectivity index (χ2v) is 9.25. The summed E-state index contributed by atoms with van der Waals surface area (Å²) in [7, 11) is -16.3. The molecule has 0 saturated carbocycles. The van der Waals surface area contributed by atoms with Crippen molar-refractivity contribution in [2.24, 2.45) is 0 Å². The zero-order valence-corrected chi connectivity index (χ0v) is 14.9. The number of imidazole rings is 1. The van der Waals surface area contributed by atoms with Crippen molar-refractivity contribution < 1.29 is 56.3 Å². The van der Waals surface area contributed by atoms with E-state index in [-0.39, 0.29) is 6.42 Å². The van der Waals surface area contributed by atoms with Gasteiger partial charge < -0.3 is 34.0 Å². The Labute approximate surface area is 140 Å². The first kappa shape index (κ1) is 20.8. The van der Waals surface area contributed by atoms with Crippen molar-refractivity contribution in [2.75, 3.05) is 6.61 Å². The third kappa shape index (κ3) is 6.65. The average Bonchev–Trinajstić information content (AvgIpc) is 3.01. The Morgan fingerprint density at radius 3 is 2.40 bits per heavy atom. The number of aromatic nitrogens is 2. The molecule has 1 aromatic rings. The summed E-state index contributed by atoms with van der Waals surface area (Å²) in [5.74, 6) is 0. The quantitative estimate of drug-likeness (QED) is 0.345. The van der Waals surface area contributed by atoms with Crippen LogP contribution in [0.25, 0.3) is 0 Å². The lowest BCUT2D eigenvalue weighted by atomic mass is 10.2. The molecule has 5 N–H and O–H groups in total. The fourth-order valence-electron chi connectivity index (χ4n) is 1.96. The van der Waals surface area contributed by atoms with Crippen LogP contribution in [0.4, 0.5) is 0 Å². The second-order valence-electron chi connectivity index (χ2n) is 4.83. The predicted molar refractivity (Wildman–Crippen MR) is 76.6 cm³/mol. The number of nitrogens with zero attached hydrogens (tertiary/aromatic N) is 2. The molecule has 25 heavy (non-hydrogen) atoms. The van der Waals surface area contributed by atoms with Crippen LogP contribution in [0, 0.1) is 0 Å². The molecule has 1 aliphatic heterocycles. The highest BCUT2D eigenvalue weighted by Crippen LogP contribution is 2.66. The van der Waals surface area contributed by atoms with Crippen molar-refractivity contribution in [1.82, 2.24) is 9.55 Å². The first-order chi connectivity index (χ1) is 11.4. The van der Waals surface area contributed by atoms with E-state index < -0.39 is 48.5 Å². The van der Waals surface area contributed by atoms with E-state index in [9.17, 15) is 23.7 Å². The van der Waals surface area contributed by atoms with Crippen LogP contribution < -0.4 is 0 Å². The van der Waals surface area contributed by atoms with Crippen LogP contribution in [-0.2, 0) is 31.6 Å². The van der Waals surface area contributed by atoms with Gasteiger partial charge in [-0.1, -0.05) is 0 Å². The van der Waals surface area contributed by atoms with Crippen LogP contribution in [0.15, 0.2) is 18.7 Å². The molecule has 144 valence electrons. The largest absolute Gasteiger partial charge is 0.490 e. The van der Waals surface area contributed by atoms with Gasteiger partial charge in [-0.05, 0) is 0 Å². The summed E-state index contributed by atoms with van der Waals surface area (Å²) in [6.45, 7) is -0.712. The number of rotatable bonds is 8. The van der Waals surface area contributed by atoms with E-state index in [0.717, 1.165) is 0 Å². The molecule has 14 nitrogen and oxygen atoms in total. The summed E-state index contributed by atoms with van der Waals surface area (Å²) < 4.78 is 51.7. The Morgan fingerprint density at radius 1 is 1.16 bits per heavy atom. The van der Waals surface area contributed by atoms with Crippen LogP contribution in [0.1, 0.15) is 12.6 Å². The van der Waals surface area contributed by atoms with E-state index in [1.165, 1.54) is 17.1 Å². The molecular formula is C8H15N2O12P3. The van der Waals surface area contributed by atoms with Gasteiger partial charge in [-0.25, -0.2) is 18.7 Å². The highest BCUT2D eigenvalue weighted by atomic mass is 31.3. The van der Waals surface area contributed by atoms with Gasteiger partial charge in [-0.15, -0.1) is 0 Å². The first-order valence-corrected chi connectivity index (χ1v) is 11.0. The Kier molecular flexibility index (Phi) is 6.38. The second kappa shape index (κ2) is 7.65. The maximum absolute atomic E-state index is 11.6. The number of hydrogen-bond acceptors (Lipinski definition) is 9. The molecule has 0 bridgehead atoms. The molecular weight excluding hydrogens is 409 g/mol. The summed E-state index contributed by atoms with van der Waals surface area (Å²) in [5.41, 5.74) is 0. The molecule has 1 saturated heterocycles. The average molecular weight is 424 g/mol. The molecule has 2 unspecified atom stereocenters. The molecule has 0 amide bonds. The predicted octanol–water partition coefficient (Wildman–Crippen LogP) is -0.125. The van der Waals surface area contributed by atoms with Crippen molar-refractivity contribution >= 4 is 23.5 Å². The zero-order valence-electron chi connectivity index (χ0n) is 12.2. The Hall–Kier alpha value is -0.460. The van der Waals surface area contributed by atoms with Gasteiger partial charge in [0, 0.05) is 18.8 Å². The zero-order chi connectivity index (χ0) is 18.9. The summed E-state index contributed by atoms with van der Waals surface area (Å²) in [5, 5.41) is 9.86. The highest BCUT2D eigenvalue weighted by Gasteiger charge is 2.42. The third-order valence-corrected chi connectivity index (χ3v) is 6.68. The lowest BCUT2D eigenvalue weighted by Gasteiger charge is -2.19. The van der Waals surface area contributed by atoms with E-state index in [1.807, 2.05) is 0 Å². The SMILES string of the molecule is O=P(O)(O)OP(=O)(O)OP(=O)(O)OC[C@H]1O[C@@H](n2ccnc2)C[C@@H]1O. The summed E-state index contributed by atoms with van der Waals surface area (Å²) in [6, 6.07) is 0. The minimum atomic E-state index is -5.58. The molecule has 2 rings (SSSR count). The van der Waals surface area contributed by atoms with Gasteiger partial charge in [0.2, 0.25) is 0 Å². The van der Waals surface area contributed by atoms with E-state index in [4.69, 9.17) is 19.4 Å². The van der Waals surface area contributed by atoms with E-state index in [2.05, 4.69) is 18.1 Å². The van der Waals surface area contributed by atoms with Gasteiger partial charge in [0.25, 0.3) is 0 Å².